The maximum atomic E-state index is 12.9. The van der Waals surface area contributed by atoms with Crippen molar-refractivity contribution in [2.45, 2.75) is 13.0 Å². The molecule has 1 aliphatic heterocycles. The van der Waals surface area contributed by atoms with E-state index in [1.807, 2.05) is 18.2 Å². The van der Waals surface area contributed by atoms with Gasteiger partial charge in [0.1, 0.15) is 0 Å². The first kappa shape index (κ1) is 23.3. The molecule has 0 bridgehead atoms. The zero-order valence-corrected chi connectivity index (χ0v) is 19.5. The van der Waals surface area contributed by atoms with Crippen molar-refractivity contribution in [3.05, 3.63) is 89.0 Å². The van der Waals surface area contributed by atoms with E-state index in [0.29, 0.717) is 23.4 Å². The first-order valence-corrected chi connectivity index (χ1v) is 11.3. The van der Waals surface area contributed by atoms with Gasteiger partial charge in [-0.15, -0.1) is 0 Å². The second-order valence-electron chi connectivity index (χ2n) is 8.12. The van der Waals surface area contributed by atoms with E-state index < -0.39 is 0 Å². The average Bonchev–Trinajstić information content (AvgIpc) is 2.88. The normalized spacial score (nSPS) is 13.0. The number of methoxy groups -OCH3 is 2. The highest BCUT2D eigenvalue weighted by molar-refractivity contribution is 6.08. The number of anilines is 1. The number of amides is 2. The molecule has 7 heteroatoms. The SMILES string of the molecule is COc1cc2c(cc1OC)CN(CCNC(=O)c1ccccc1NC(=O)c1ccccc1)CC2. The van der Waals surface area contributed by atoms with Gasteiger partial charge in [-0.1, -0.05) is 30.3 Å². The van der Waals surface area contributed by atoms with Crippen molar-refractivity contribution >= 4 is 17.5 Å². The van der Waals surface area contributed by atoms with Gasteiger partial charge in [0, 0.05) is 31.7 Å². The Morgan fingerprint density at radius 1 is 0.882 bits per heavy atom. The van der Waals surface area contributed by atoms with Crippen LogP contribution >= 0.6 is 0 Å². The van der Waals surface area contributed by atoms with Crippen molar-refractivity contribution in [3.8, 4) is 11.5 Å². The van der Waals surface area contributed by atoms with E-state index in [4.69, 9.17) is 9.47 Å². The van der Waals surface area contributed by atoms with E-state index in [2.05, 4.69) is 15.5 Å². The molecule has 0 atom stereocenters. The molecule has 3 aromatic carbocycles. The Labute approximate surface area is 199 Å². The summed E-state index contributed by atoms with van der Waals surface area (Å²) in [6.45, 7) is 2.91. The Balaban J connectivity index is 1.34. The first-order chi connectivity index (χ1) is 16.6. The molecule has 0 fully saturated rings. The molecule has 2 N–H and O–H groups in total. The summed E-state index contributed by atoms with van der Waals surface area (Å²) in [4.78, 5) is 27.7. The third-order valence-electron chi connectivity index (χ3n) is 5.97. The summed E-state index contributed by atoms with van der Waals surface area (Å²) >= 11 is 0. The zero-order chi connectivity index (χ0) is 23.9. The second kappa shape index (κ2) is 10.9. The van der Waals surface area contributed by atoms with Crippen molar-refractivity contribution in [1.29, 1.82) is 0 Å². The lowest BCUT2D eigenvalue weighted by molar-refractivity contribution is 0.0948. The number of ether oxygens (including phenoxy) is 2. The maximum Gasteiger partial charge on any atom is 0.255 e. The molecule has 4 rings (SSSR count). The average molecular weight is 460 g/mol. The Morgan fingerprint density at radius 2 is 1.56 bits per heavy atom. The summed E-state index contributed by atoms with van der Waals surface area (Å²) in [5.74, 6) is 1.01. The summed E-state index contributed by atoms with van der Waals surface area (Å²) < 4.78 is 10.8. The largest absolute Gasteiger partial charge is 0.493 e. The van der Waals surface area contributed by atoms with Crippen molar-refractivity contribution in [2.75, 3.05) is 39.2 Å². The van der Waals surface area contributed by atoms with E-state index >= 15 is 0 Å². The highest BCUT2D eigenvalue weighted by atomic mass is 16.5. The smallest absolute Gasteiger partial charge is 0.255 e. The summed E-state index contributed by atoms with van der Waals surface area (Å²) in [6, 6.07) is 20.1. The number of fused-ring (bicyclic) bond motifs is 1. The van der Waals surface area contributed by atoms with Gasteiger partial charge in [0.25, 0.3) is 11.8 Å². The Kier molecular flexibility index (Phi) is 7.44. The van der Waals surface area contributed by atoms with Gasteiger partial charge in [-0.25, -0.2) is 0 Å². The summed E-state index contributed by atoms with van der Waals surface area (Å²) in [5, 5.41) is 5.83. The van der Waals surface area contributed by atoms with Gasteiger partial charge in [-0.2, -0.15) is 0 Å². The Hall–Kier alpha value is -3.84. The monoisotopic (exact) mass is 459 g/mol. The molecule has 0 radical (unpaired) electrons. The fourth-order valence-electron chi connectivity index (χ4n) is 4.13. The van der Waals surface area contributed by atoms with Crippen LogP contribution in [0.4, 0.5) is 5.69 Å². The number of hydrogen-bond acceptors (Lipinski definition) is 5. The third kappa shape index (κ3) is 5.38. The van der Waals surface area contributed by atoms with Crippen LogP contribution < -0.4 is 20.1 Å². The predicted octanol–water partition coefficient (Wildman–Crippen LogP) is 3.74. The second-order valence-corrected chi connectivity index (χ2v) is 8.12. The fourth-order valence-corrected chi connectivity index (χ4v) is 4.13. The van der Waals surface area contributed by atoms with Crippen LogP contribution in [0.3, 0.4) is 0 Å². The maximum absolute atomic E-state index is 12.9. The van der Waals surface area contributed by atoms with E-state index in [1.165, 1.54) is 11.1 Å². The number of rotatable bonds is 8. The van der Waals surface area contributed by atoms with E-state index in [9.17, 15) is 9.59 Å². The van der Waals surface area contributed by atoms with Crippen LogP contribution in [-0.2, 0) is 13.0 Å². The molecule has 0 saturated heterocycles. The third-order valence-corrected chi connectivity index (χ3v) is 5.97. The van der Waals surface area contributed by atoms with Crippen molar-refractivity contribution in [1.82, 2.24) is 10.2 Å². The lowest BCUT2D eigenvalue weighted by atomic mass is 9.99. The van der Waals surface area contributed by atoms with Crippen LogP contribution in [0.2, 0.25) is 0 Å². The summed E-state index contributed by atoms with van der Waals surface area (Å²) in [7, 11) is 3.29. The molecule has 2 amide bonds. The van der Waals surface area contributed by atoms with Crippen LogP contribution in [0.25, 0.3) is 0 Å². The quantitative estimate of drug-likeness (QED) is 0.536. The van der Waals surface area contributed by atoms with Crippen LogP contribution in [0.5, 0.6) is 11.5 Å². The van der Waals surface area contributed by atoms with Crippen LogP contribution in [0.1, 0.15) is 31.8 Å². The first-order valence-electron chi connectivity index (χ1n) is 11.3. The molecule has 1 heterocycles. The van der Waals surface area contributed by atoms with E-state index in [1.54, 1.807) is 62.8 Å². The molecule has 3 aromatic rings. The number of nitrogens with zero attached hydrogens (tertiary/aromatic N) is 1. The number of benzene rings is 3. The highest BCUT2D eigenvalue weighted by Crippen LogP contribution is 2.33. The lowest BCUT2D eigenvalue weighted by Crippen LogP contribution is -2.38. The fraction of sp³-hybridized carbons (Fsp3) is 0.259. The Bertz CT molecular complexity index is 1160. The molecule has 0 aromatic heterocycles. The topological polar surface area (TPSA) is 79.9 Å². The van der Waals surface area contributed by atoms with Gasteiger partial charge in [0.15, 0.2) is 11.5 Å². The van der Waals surface area contributed by atoms with Gasteiger partial charge < -0.3 is 20.1 Å². The Morgan fingerprint density at radius 3 is 2.29 bits per heavy atom. The number of carbonyl (C=O) groups is 2. The molecular weight excluding hydrogens is 430 g/mol. The van der Waals surface area contributed by atoms with Crippen molar-refractivity contribution in [2.24, 2.45) is 0 Å². The van der Waals surface area contributed by atoms with Crippen molar-refractivity contribution in [3.63, 3.8) is 0 Å². The standard InChI is InChI=1S/C27H29N3O4/c1-33-24-16-20-12-14-30(18-21(20)17-25(24)34-2)15-13-28-27(32)22-10-6-7-11-23(22)29-26(31)19-8-4-3-5-9-19/h3-11,16-17H,12-15,18H2,1-2H3,(H,28,32)(H,29,31). The molecular formula is C27H29N3O4. The van der Waals surface area contributed by atoms with Crippen LogP contribution in [0.15, 0.2) is 66.7 Å². The molecule has 176 valence electrons. The summed E-state index contributed by atoms with van der Waals surface area (Å²) in [5.41, 5.74) is 3.94. The number of para-hydroxylation sites is 1. The number of carbonyl (C=O) groups excluding carboxylic acids is 2. The molecule has 34 heavy (non-hydrogen) atoms. The molecule has 0 unspecified atom stereocenters. The van der Waals surface area contributed by atoms with Crippen molar-refractivity contribution < 1.29 is 19.1 Å². The highest BCUT2D eigenvalue weighted by Gasteiger charge is 2.20. The van der Waals surface area contributed by atoms with Gasteiger partial charge in [0.05, 0.1) is 25.5 Å². The molecule has 0 spiro atoms. The van der Waals surface area contributed by atoms with Gasteiger partial charge in [-0.3, -0.25) is 14.5 Å². The minimum Gasteiger partial charge on any atom is -0.493 e. The van der Waals surface area contributed by atoms with Gasteiger partial charge in [-0.05, 0) is 53.9 Å². The predicted molar refractivity (Wildman–Crippen MR) is 132 cm³/mol. The van der Waals surface area contributed by atoms with Crippen LogP contribution in [0, 0.1) is 0 Å². The zero-order valence-electron chi connectivity index (χ0n) is 19.5. The number of nitrogens with one attached hydrogen (secondary N) is 2. The van der Waals surface area contributed by atoms with E-state index in [0.717, 1.165) is 37.6 Å². The molecule has 0 saturated carbocycles. The van der Waals surface area contributed by atoms with Crippen LogP contribution in [-0.4, -0.2) is 50.6 Å². The minimum atomic E-state index is -0.250. The van der Waals surface area contributed by atoms with Gasteiger partial charge >= 0.3 is 0 Å². The number of hydrogen-bond donors (Lipinski definition) is 2. The molecule has 7 nitrogen and oxygen atoms in total. The van der Waals surface area contributed by atoms with Gasteiger partial charge in [0.2, 0.25) is 0 Å². The summed E-state index contributed by atoms with van der Waals surface area (Å²) in [6.07, 6.45) is 0.915. The van der Waals surface area contributed by atoms with E-state index in [-0.39, 0.29) is 11.8 Å². The molecule has 0 aliphatic carbocycles. The molecule has 1 aliphatic rings. The lowest BCUT2D eigenvalue weighted by Gasteiger charge is -2.29. The minimum absolute atomic E-state index is 0.215.